The zero-order chi connectivity index (χ0) is 25.5. The Labute approximate surface area is 223 Å². The number of nitrogens with zero attached hydrogens (tertiary/aromatic N) is 4. The van der Waals surface area contributed by atoms with Gasteiger partial charge in [-0.15, -0.1) is 11.3 Å². The van der Waals surface area contributed by atoms with Crippen LogP contribution in [0.5, 0.6) is 11.8 Å². The van der Waals surface area contributed by atoms with Crippen LogP contribution in [0.15, 0.2) is 30.5 Å². The van der Waals surface area contributed by atoms with Gasteiger partial charge in [-0.3, -0.25) is 9.69 Å². The van der Waals surface area contributed by atoms with E-state index in [1.54, 1.807) is 13.3 Å². The molecule has 11 heteroatoms. The first-order valence-electron chi connectivity index (χ1n) is 12.3. The van der Waals surface area contributed by atoms with Crippen molar-refractivity contribution in [1.82, 2.24) is 25.2 Å². The van der Waals surface area contributed by atoms with E-state index in [1.807, 2.05) is 31.2 Å². The molecule has 2 aliphatic rings. The fraction of sp³-hybridized carbons (Fsp3) is 0.385. The zero-order valence-electron chi connectivity index (χ0n) is 20.6. The SMILES string of the molecule is COC1CCN(Cc2cnc(Cl)nc2Oc2ccc3c(ccc4sc5c(c43)NC[C@H](C)NC5=O)n2)CC1. The van der Waals surface area contributed by atoms with Crippen molar-refractivity contribution in [2.75, 3.05) is 32.1 Å². The number of pyridine rings is 1. The van der Waals surface area contributed by atoms with Gasteiger partial charge in [-0.05, 0) is 49.6 Å². The topological polar surface area (TPSA) is 102 Å². The number of hydrogen-bond donors (Lipinski definition) is 2. The van der Waals surface area contributed by atoms with Crippen LogP contribution in [-0.2, 0) is 11.3 Å². The van der Waals surface area contributed by atoms with Crippen molar-refractivity contribution in [3.63, 3.8) is 0 Å². The molecule has 6 rings (SSSR count). The molecule has 4 aromatic rings. The van der Waals surface area contributed by atoms with Gasteiger partial charge in [0.2, 0.25) is 17.0 Å². The number of ether oxygens (including phenoxy) is 2. The van der Waals surface area contributed by atoms with Crippen molar-refractivity contribution in [2.24, 2.45) is 0 Å². The molecule has 2 aliphatic heterocycles. The summed E-state index contributed by atoms with van der Waals surface area (Å²) in [6.45, 7) is 5.17. The number of halogens is 1. The number of fused-ring (bicyclic) bond motifs is 5. The van der Waals surface area contributed by atoms with Crippen LogP contribution in [0.25, 0.3) is 21.0 Å². The third kappa shape index (κ3) is 4.82. The molecule has 9 nitrogen and oxygen atoms in total. The van der Waals surface area contributed by atoms with Crippen molar-refractivity contribution < 1.29 is 14.3 Å². The standard InChI is InChI=1S/C26H27ClN6O3S/c1-14-11-28-22-21-17-3-6-20(31-18(17)4-5-19(21)37-23(22)24(34)30-14)36-25-15(12-29-26(27)32-25)13-33-9-7-16(35-2)8-10-33/h3-6,12,14,16,28H,7-11,13H2,1-2H3,(H,30,34)/t14-/m0/s1. The molecule has 1 saturated heterocycles. The van der Waals surface area contributed by atoms with Crippen LogP contribution >= 0.6 is 22.9 Å². The molecule has 3 aromatic heterocycles. The Morgan fingerprint density at radius 3 is 2.84 bits per heavy atom. The summed E-state index contributed by atoms with van der Waals surface area (Å²) < 4.78 is 12.7. The van der Waals surface area contributed by atoms with Crippen LogP contribution in [0.2, 0.25) is 5.28 Å². The second kappa shape index (κ2) is 10.0. The molecule has 0 aliphatic carbocycles. The Kier molecular flexibility index (Phi) is 6.58. The average molecular weight is 539 g/mol. The van der Waals surface area contributed by atoms with Crippen molar-refractivity contribution >= 4 is 55.5 Å². The normalized spacial score (nSPS) is 18.9. The zero-order valence-corrected chi connectivity index (χ0v) is 22.2. The highest BCUT2D eigenvalue weighted by Gasteiger charge is 2.25. The molecule has 0 unspecified atom stereocenters. The molecular weight excluding hydrogens is 512 g/mol. The number of aromatic nitrogens is 3. The van der Waals surface area contributed by atoms with Crippen LogP contribution in [0.3, 0.4) is 0 Å². The molecule has 1 atom stereocenters. The molecule has 0 radical (unpaired) electrons. The van der Waals surface area contributed by atoms with Gasteiger partial charge >= 0.3 is 0 Å². The second-order valence-corrected chi connectivity index (χ2v) is 10.9. The van der Waals surface area contributed by atoms with Crippen molar-refractivity contribution in [3.8, 4) is 11.8 Å². The number of rotatable bonds is 5. The number of amides is 1. The summed E-state index contributed by atoms with van der Waals surface area (Å²) in [7, 11) is 1.77. The first-order chi connectivity index (χ1) is 18.0. The van der Waals surface area contributed by atoms with Crippen LogP contribution in [0.4, 0.5) is 5.69 Å². The van der Waals surface area contributed by atoms with E-state index in [1.165, 1.54) is 11.3 Å². The Morgan fingerprint density at radius 1 is 1.19 bits per heavy atom. The lowest BCUT2D eigenvalue weighted by atomic mass is 10.1. The Bertz CT molecular complexity index is 1490. The van der Waals surface area contributed by atoms with E-state index in [-0.39, 0.29) is 17.2 Å². The minimum atomic E-state index is -0.0469. The van der Waals surface area contributed by atoms with Gasteiger partial charge in [-0.1, -0.05) is 0 Å². The van der Waals surface area contributed by atoms with Gasteiger partial charge in [-0.25, -0.2) is 9.97 Å². The van der Waals surface area contributed by atoms with Crippen LogP contribution in [-0.4, -0.2) is 64.6 Å². The largest absolute Gasteiger partial charge is 0.420 e. The molecule has 37 heavy (non-hydrogen) atoms. The highest BCUT2D eigenvalue weighted by Crippen LogP contribution is 2.41. The Morgan fingerprint density at radius 2 is 2.03 bits per heavy atom. The fourth-order valence-corrected chi connectivity index (χ4v) is 6.20. The van der Waals surface area contributed by atoms with Crippen LogP contribution < -0.4 is 15.4 Å². The van der Waals surface area contributed by atoms with Crippen LogP contribution in [0, 0.1) is 0 Å². The highest BCUT2D eigenvalue weighted by molar-refractivity contribution is 7.21. The minimum absolute atomic E-state index is 0.0469. The lowest BCUT2D eigenvalue weighted by molar-refractivity contribution is 0.0386. The van der Waals surface area contributed by atoms with Gasteiger partial charge in [0, 0.05) is 72.6 Å². The van der Waals surface area contributed by atoms with E-state index < -0.39 is 0 Å². The molecule has 192 valence electrons. The number of likely N-dealkylation sites (tertiary alicyclic amines) is 1. The third-order valence-electron chi connectivity index (χ3n) is 6.92. The Balaban J connectivity index is 1.30. The number of hydrogen-bond acceptors (Lipinski definition) is 9. The van der Waals surface area contributed by atoms with Crippen molar-refractivity contribution in [1.29, 1.82) is 0 Å². The van der Waals surface area contributed by atoms with E-state index >= 15 is 0 Å². The summed E-state index contributed by atoms with van der Waals surface area (Å²) in [6, 6.07) is 7.82. The quantitative estimate of drug-likeness (QED) is 0.348. The molecule has 2 N–H and O–H groups in total. The Hall–Kier alpha value is -3.05. The second-order valence-electron chi connectivity index (χ2n) is 9.50. The predicted octanol–water partition coefficient (Wildman–Crippen LogP) is 4.84. The maximum Gasteiger partial charge on any atom is 0.263 e. The minimum Gasteiger partial charge on any atom is -0.420 e. The summed E-state index contributed by atoms with van der Waals surface area (Å²) in [5.41, 5.74) is 2.49. The molecule has 0 bridgehead atoms. The first kappa shape index (κ1) is 24.3. The number of carbonyl (C=O) groups is 1. The highest BCUT2D eigenvalue weighted by atomic mass is 35.5. The molecule has 1 amide bonds. The summed E-state index contributed by atoms with van der Waals surface area (Å²) >= 11 is 7.61. The lowest BCUT2D eigenvalue weighted by Crippen LogP contribution is -2.36. The van der Waals surface area contributed by atoms with E-state index in [0.717, 1.165) is 58.2 Å². The number of methoxy groups -OCH3 is 1. The predicted molar refractivity (Wildman–Crippen MR) is 145 cm³/mol. The van der Waals surface area contributed by atoms with Gasteiger partial charge in [0.15, 0.2) is 0 Å². The smallest absolute Gasteiger partial charge is 0.263 e. The molecule has 0 saturated carbocycles. The number of nitrogens with one attached hydrogen (secondary N) is 2. The molecule has 5 heterocycles. The summed E-state index contributed by atoms with van der Waals surface area (Å²) in [5.74, 6) is 0.773. The lowest BCUT2D eigenvalue weighted by Gasteiger charge is -2.31. The molecular formula is C26H27ClN6O3S. The summed E-state index contributed by atoms with van der Waals surface area (Å²) in [4.78, 5) is 29.0. The van der Waals surface area contributed by atoms with Crippen molar-refractivity contribution in [2.45, 2.75) is 38.5 Å². The number of anilines is 1. The van der Waals surface area contributed by atoms with E-state index in [0.29, 0.717) is 35.8 Å². The average Bonchev–Trinajstić information content (AvgIpc) is 3.22. The first-order valence-corrected chi connectivity index (χ1v) is 13.5. The number of carbonyl (C=O) groups excluding carboxylic acids is 1. The van der Waals surface area contributed by atoms with Gasteiger partial charge in [-0.2, -0.15) is 4.98 Å². The van der Waals surface area contributed by atoms with E-state index in [9.17, 15) is 4.79 Å². The molecule has 0 spiro atoms. The summed E-state index contributed by atoms with van der Waals surface area (Å²) in [6.07, 6.45) is 4.01. The van der Waals surface area contributed by atoms with Gasteiger partial charge in [0.25, 0.3) is 5.91 Å². The number of thiophene rings is 1. The molecule has 1 aromatic carbocycles. The summed E-state index contributed by atoms with van der Waals surface area (Å²) in [5, 5.41) is 8.57. The van der Waals surface area contributed by atoms with E-state index in [4.69, 9.17) is 26.1 Å². The molecule has 1 fully saturated rings. The monoisotopic (exact) mass is 538 g/mol. The number of piperidine rings is 1. The maximum absolute atomic E-state index is 12.7. The van der Waals surface area contributed by atoms with Gasteiger partial charge in [0.1, 0.15) is 4.88 Å². The van der Waals surface area contributed by atoms with Gasteiger partial charge in [0.05, 0.1) is 17.3 Å². The third-order valence-corrected chi connectivity index (χ3v) is 8.26. The number of benzene rings is 1. The van der Waals surface area contributed by atoms with Crippen molar-refractivity contribution in [3.05, 3.63) is 46.2 Å². The van der Waals surface area contributed by atoms with Crippen LogP contribution in [0.1, 0.15) is 35.0 Å². The van der Waals surface area contributed by atoms with Gasteiger partial charge < -0.3 is 20.1 Å². The maximum atomic E-state index is 12.7. The fourth-order valence-electron chi connectivity index (χ4n) is 4.97. The van der Waals surface area contributed by atoms with E-state index in [2.05, 4.69) is 25.5 Å².